The minimum absolute atomic E-state index is 0.164. The first-order valence-corrected chi connectivity index (χ1v) is 5.72. The lowest BCUT2D eigenvalue weighted by molar-refractivity contribution is 0.0563. The number of ether oxygens (including phenoxy) is 1. The summed E-state index contributed by atoms with van der Waals surface area (Å²) in [5.74, 6) is 0.417. The summed E-state index contributed by atoms with van der Waals surface area (Å²) in [5, 5.41) is 12.1. The van der Waals surface area contributed by atoms with E-state index in [-0.39, 0.29) is 18.4 Å². The summed E-state index contributed by atoms with van der Waals surface area (Å²) >= 11 is 0. The molecule has 1 unspecified atom stereocenters. The molecule has 0 saturated heterocycles. The van der Waals surface area contributed by atoms with Gasteiger partial charge in [-0.15, -0.1) is 0 Å². The van der Waals surface area contributed by atoms with Crippen molar-refractivity contribution in [1.29, 1.82) is 0 Å². The van der Waals surface area contributed by atoms with E-state index >= 15 is 0 Å². The lowest BCUT2D eigenvalue weighted by atomic mass is 10.1. The maximum Gasteiger partial charge on any atom is 0.373 e. The summed E-state index contributed by atoms with van der Waals surface area (Å²) in [7, 11) is 1.32. The third-order valence-corrected chi connectivity index (χ3v) is 2.58. The number of methoxy groups -OCH3 is 1. The summed E-state index contributed by atoms with van der Waals surface area (Å²) < 4.78 is 9.86. The largest absolute Gasteiger partial charge is 0.463 e. The maximum atomic E-state index is 11.2. The van der Waals surface area contributed by atoms with Gasteiger partial charge in [-0.2, -0.15) is 0 Å². The quantitative estimate of drug-likeness (QED) is 0.704. The number of nitrogens with one attached hydrogen (secondary N) is 1. The number of rotatable bonds is 7. The molecule has 0 saturated carbocycles. The molecule has 17 heavy (non-hydrogen) atoms. The van der Waals surface area contributed by atoms with Crippen molar-refractivity contribution in [3.05, 3.63) is 23.7 Å². The predicted octanol–water partition coefficient (Wildman–Crippen LogP) is 1.32. The van der Waals surface area contributed by atoms with Crippen LogP contribution in [0, 0.1) is 0 Å². The summed E-state index contributed by atoms with van der Waals surface area (Å²) in [6.45, 7) is 2.75. The van der Waals surface area contributed by atoms with E-state index in [9.17, 15) is 4.79 Å². The standard InChI is InChI=1S/C12H19NO4/c1-3-9(6-7-14)13-8-10-4-5-11(17-10)12(15)16-2/h4-5,9,13-14H,3,6-8H2,1-2H3. The molecule has 0 fully saturated rings. The topological polar surface area (TPSA) is 71.7 Å². The van der Waals surface area contributed by atoms with Gasteiger partial charge in [0.25, 0.3) is 0 Å². The first kappa shape index (κ1) is 13.7. The van der Waals surface area contributed by atoms with Gasteiger partial charge in [0.1, 0.15) is 5.76 Å². The minimum atomic E-state index is -0.473. The normalized spacial score (nSPS) is 12.4. The Balaban J connectivity index is 2.46. The third-order valence-electron chi connectivity index (χ3n) is 2.58. The minimum Gasteiger partial charge on any atom is -0.463 e. The number of carbonyl (C=O) groups is 1. The Kier molecular flexibility index (Phi) is 5.72. The highest BCUT2D eigenvalue weighted by molar-refractivity contribution is 5.86. The van der Waals surface area contributed by atoms with Gasteiger partial charge in [0.15, 0.2) is 0 Å². The Morgan fingerprint density at radius 2 is 2.35 bits per heavy atom. The Bertz CT molecular complexity index is 348. The number of carbonyl (C=O) groups excluding carboxylic acids is 1. The van der Waals surface area contributed by atoms with Crippen LogP contribution in [0.2, 0.25) is 0 Å². The van der Waals surface area contributed by atoms with Gasteiger partial charge in [0.2, 0.25) is 5.76 Å². The number of hydrogen-bond acceptors (Lipinski definition) is 5. The third kappa shape index (κ3) is 4.20. The van der Waals surface area contributed by atoms with Gasteiger partial charge < -0.3 is 19.6 Å². The number of aliphatic hydroxyl groups excluding tert-OH is 1. The van der Waals surface area contributed by atoms with Crippen molar-refractivity contribution in [1.82, 2.24) is 5.32 Å². The van der Waals surface area contributed by atoms with Crippen molar-refractivity contribution in [3.63, 3.8) is 0 Å². The average Bonchev–Trinajstić information content (AvgIpc) is 2.82. The number of aliphatic hydroxyl groups is 1. The number of hydrogen-bond donors (Lipinski definition) is 2. The van der Waals surface area contributed by atoms with Crippen molar-refractivity contribution < 1.29 is 19.1 Å². The Labute approximate surface area is 101 Å². The van der Waals surface area contributed by atoms with Crippen LogP contribution in [0.5, 0.6) is 0 Å². The second kappa shape index (κ2) is 7.09. The monoisotopic (exact) mass is 241 g/mol. The molecule has 0 spiro atoms. The fourth-order valence-electron chi connectivity index (χ4n) is 1.53. The molecule has 1 atom stereocenters. The Morgan fingerprint density at radius 1 is 1.59 bits per heavy atom. The summed E-state index contributed by atoms with van der Waals surface area (Å²) in [6.07, 6.45) is 1.65. The highest BCUT2D eigenvalue weighted by atomic mass is 16.5. The molecule has 0 radical (unpaired) electrons. The molecule has 5 nitrogen and oxygen atoms in total. The molecule has 1 heterocycles. The maximum absolute atomic E-state index is 11.2. The second-order valence-electron chi connectivity index (χ2n) is 3.76. The van der Waals surface area contributed by atoms with Crippen molar-refractivity contribution in [2.45, 2.75) is 32.4 Å². The fraction of sp³-hybridized carbons (Fsp3) is 0.583. The first-order chi connectivity index (χ1) is 8.21. The van der Waals surface area contributed by atoms with Crippen LogP contribution in [0.15, 0.2) is 16.5 Å². The molecule has 0 amide bonds. The molecular formula is C12H19NO4. The van der Waals surface area contributed by atoms with E-state index in [0.717, 1.165) is 6.42 Å². The zero-order valence-corrected chi connectivity index (χ0v) is 10.2. The highest BCUT2D eigenvalue weighted by Gasteiger charge is 2.12. The van der Waals surface area contributed by atoms with Gasteiger partial charge in [-0.25, -0.2) is 4.79 Å². The van der Waals surface area contributed by atoms with Crippen LogP contribution in [0.1, 0.15) is 36.1 Å². The molecule has 5 heteroatoms. The van der Waals surface area contributed by atoms with Crippen LogP contribution in [-0.2, 0) is 11.3 Å². The number of esters is 1. The van der Waals surface area contributed by atoms with Gasteiger partial charge >= 0.3 is 5.97 Å². The first-order valence-electron chi connectivity index (χ1n) is 5.72. The molecule has 0 aliphatic heterocycles. The zero-order valence-electron chi connectivity index (χ0n) is 10.2. The highest BCUT2D eigenvalue weighted by Crippen LogP contribution is 2.09. The molecule has 96 valence electrons. The molecule has 0 bridgehead atoms. The van der Waals surface area contributed by atoms with E-state index in [1.54, 1.807) is 12.1 Å². The van der Waals surface area contributed by atoms with Gasteiger partial charge in [-0.05, 0) is 25.0 Å². The van der Waals surface area contributed by atoms with E-state index in [1.807, 2.05) is 0 Å². The molecule has 1 rings (SSSR count). The van der Waals surface area contributed by atoms with Gasteiger partial charge in [0, 0.05) is 12.6 Å². The van der Waals surface area contributed by atoms with Crippen molar-refractivity contribution >= 4 is 5.97 Å². The van der Waals surface area contributed by atoms with E-state index in [0.29, 0.717) is 18.7 Å². The van der Waals surface area contributed by atoms with Gasteiger partial charge in [-0.3, -0.25) is 0 Å². The van der Waals surface area contributed by atoms with Crippen LogP contribution in [0.25, 0.3) is 0 Å². The molecule has 1 aromatic heterocycles. The van der Waals surface area contributed by atoms with E-state index in [1.165, 1.54) is 7.11 Å². The molecule has 0 aliphatic carbocycles. The SMILES string of the molecule is CCC(CCO)NCc1ccc(C(=O)OC)o1. The van der Waals surface area contributed by atoms with E-state index in [2.05, 4.69) is 17.0 Å². The Morgan fingerprint density at radius 3 is 2.94 bits per heavy atom. The molecular weight excluding hydrogens is 222 g/mol. The Hall–Kier alpha value is -1.33. The number of furan rings is 1. The van der Waals surface area contributed by atoms with Crippen LogP contribution in [0.4, 0.5) is 0 Å². The summed E-state index contributed by atoms with van der Waals surface area (Å²) in [5.41, 5.74) is 0. The lowest BCUT2D eigenvalue weighted by Crippen LogP contribution is -2.28. The summed E-state index contributed by atoms with van der Waals surface area (Å²) in [4.78, 5) is 11.2. The predicted molar refractivity (Wildman–Crippen MR) is 62.7 cm³/mol. The van der Waals surface area contributed by atoms with Crippen LogP contribution >= 0.6 is 0 Å². The van der Waals surface area contributed by atoms with E-state index < -0.39 is 5.97 Å². The van der Waals surface area contributed by atoms with Crippen molar-refractivity contribution in [2.24, 2.45) is 0 Å². The molecule has 0 aliphatic rings. The van der Waals surface area contributed by atoms with Crippen LogP contribution < -0.4 is 5.32 Å². The lowest BCUT2D eigenvalue weighted by Gasteiger charge is -2.14. The average molecular weight is 241 g/mol. The van der Waals surface area contributed by atoms with Crippen molar-refractivity contribution in [2.75, 3.05) is 13.7 Å². The smallest absolute Gasteiger partial charge is 0.373 e. The zero-order chi connectivity index (χ0) is 12.7. The van der Waals surface area contributed by atoms with Crippen LogP contribution in [-0.4, -0.2) is 30.8 Å². The summed E-state index contributed by atoms with van der Waals surface area (Å²) in [6, 6.07) is 3.59. The molecule has 2 N–H and O–H groups in total. The second-order valence-corrected chi connectivity index (χ2v) is 3.76. The van der Waals surface area contributed by atoms with Gasteiger partial charge in [0.05, 0.1) is 13.7 Å². The molecule has 1 aromatic rings. The van der Waals surface area contributed by atoms with Gasteiger partial charge in [-0.1, -0.05) is 6.92 Å². The van der Waals surface area contributed by atoms with Crippen LogP contribution in [0.3, 0.4) is 0 Å². The van der Waals surface area contributed by atoms with Crippen molar-refractivity contribution in [3.8, 4) is 0 Å². The fourth-order valence-corrected chi connectivity index (χ4v) is 1.53. The molecule has 0 aromatic carbocycles. The van der Waals surface area contributed by atoms with E-state index in [4.69, 9.17) is 9.52 Å².